The van der Waals surface area contributed by atoms with Crippen LogP contribution in [-0.2, 0) is 10.1 Å². The van der Waals surface area contributed by atoms with E-state index in [1.54, 1.807) is 25.1 Å². The Balaban J connectivity index is 0.00000121. The molecule has 0 radical (unpaired) electrons. The van der Waals surface area contributed by atoms with Crippen LogP contribution < -0.4 is 0 Å². The zero-order chi connectivity index (χ0) is 8.48. The Morgan fingerprint density at radius 3 is 2.08 bits per heavy atom. The Morgan fingerprint density at radius 2 is 1.75 bits per heavy atom. The van der Waals surface area contributed by atoms with Gasteiger partial charge < -0.3 is 0 Å². The molecule has 1 rings (SSSR count). The molecule has 0 saturated carbocycles. The number of halogens is 1. The maximum absolute atomic E-state index is 10.6. The second-order valence-electron chi connectivity index (χ2n) is 2.24. The van der Waals surface area contributed by atoms with Crippen molar-refractivity contribution >= 4 is 34.1 Å². The first-order valence-electron chi connectivity index (χ1n) is 3.05. The number of rotatable bonds is 1. The molecule has 0 heterocycles. The lowest BCUT2D eigenvalue weighted by molar-refractivity contribution is 0.482. The van der Waals surface area contributed by atoms with Crippen molar-refractivity contribution < 1.29 is 13.0 Å². The van der Waals surface area contributed by atoms with Crippen molar-refractivity contribution in [3.8, 4) is 0 Å². The minimum absolute atomic E-state index is 0. The molecule has 0 aliphatic heterocycles. The Morgan fingerprint density at radius 1 is 1.25 bits per heavy atom. The van der Waals surface area contributed by atoms with E-state index in [0.717, 1.165) is 0 Å². The van der Waals surface area contributed by atoms with Gasteiger partial charge in [-0.3, -0.25) is 4.55 Å². The summed E-state index contributed by atoms with van der Waals surface area (Å²) in [6, 6.07) is 6.27. The third-order valence-corrected chi connectivity index (χ3v) is 2.39. The van der Waals surface area contributed by atoms with Crippen molar-refractivity contribution in [2.75, 3.05) is 0 Å². The molecule has 0 fully saturated rings. The van der Waals surface area contributed by atoms with Gasteiger partial charge in [-0.1, -0.05) is 18.2 Å². The molecule has 3 nitrogen and oxygen atoms in total. The minimum atomic E-state index is -4.03. The van der Waals surface area contributed by atoms with Crippen LogP contribution in [0.25, 0.3) is 0 Å². The van der Waals surface area contributed by atoms with Crippen LogP contribution in [0.1, 0.15) is 5.56 Å². The summed E-state index contributed by atoms with van der Waals surface area (Å²) in [5.41, 5.74) is 0.551. The van der Waals surface area contributed by atoms with Crippen molar-refractivity contribution in [2.45, 2.75) is 11.8 Å². The van der Waals surface area contributed by atoms with E-state index in [1.807, 2.05) is 0 Å². The fraction of sp³-hybridized carbons (Fsp3) is 0.143. The third-order valence-electron chi connectivity index (χ3n) is 1.37. The summed E-state index contributed by atoms with van der Waals surface area (Å²) in [7, 11) is -4.03. The number of benzene rings is 1. The third kappa shape index (κ3) is 2.72. The van der Waals surface area contributed by atoms with E-state index in [0.29, 0.717) is 5.56 Å². The first-order chi connectivity index (χ1) is 5.02. The Labute approximate surface area is 88.6 Å². The largest absolute Gasteiger partial charge is 0.294 e. The standard InChI is InChI=1S/C7H8O3S.HI/c1-6-4-2-3-5-7(6)11(8,9)10;/h2-5H,1H3,(H,8,9,10);1H. The maximum Gasteiger partial charge on any atom is 0.294 e. The molecule has 0 aliphatic rings. The molecular formula is C7H9IO3S. The van der Waals surface area contributed by atoms with Gasteiger partial charge in [0.15, 0.2) is 0 Å². The summed E-state index contributed by atoms with van der Waals surface area (Å²) in [6.45, 7) is 1.63. The maximum atomic E-state index is 10.6. The fourth-order valence-corrected chi connectivity index (χ4v) is 1.57. The van der Waals surface area contributed by atoms with Crippen molar-refractivity contribution in [2.24, 2.45) is 0 Å². The van der Waals surface area contributed by atoms with E-state index < -0.39 is 10.1 Å². The number of hydrogen-bond acceptors (Lipinski definition) is 2. The van der Waals surface area contributed by atoms with Gasteiger partial charge in [-0.15, -0.1) is 24.0 Å². The van der Waals surface area contributed by atoms with E-state index in [1.165, 1.54) is 6.07 Å². The van der Waals surface area contributed by atoms with Crippen molar-refractivity contribution in [3.63, 3.8) is 0 Å². The number of aryl methyl sites for hydroxylation is 1. The summed E-state index contributed by atoms with van der Waals surface area (Å²) in [6.07, 6.45) is 0. The second-order valence-corrected chi connectivity index (χ2v) is 3.63. The van der Waals surface area contributed by atoms with Crippen LogP contribution in [0.5, 0.6) is 0 Å². The van der Waals surface area contributed by atoms with E-state index in [-0.39, 0.29) is 28.9 Å². The smallest absolute Gasteiger partial charge is 0.282 e. The average Bonchev–Trinajstić information content (AvgIpc) is 1.86. The van der Waals surface area contributed by atoms with Gasteiger partial charge in [0.2, 0.25) is 0 Å². The first kappa shape index (κ1) is 11.9. The molecule has 1 aromatic carbocycles. The van der Waals surface area contributed by atoms with E-state index in [9.17, 15) is 8.42 Å². The molecule has 1 aromatic rings. The molecule has 12 heavy (non-hydrogen) atoms. The molecule has 0 spiro atoms. The molecule has 0 aliphatic carbocycles. The lowest BCUT2D eigenvalue weighted by atomic mass is 10.2. The Kier molecular flexibility index (Phi) is 4.15. The van der Waals surface area contributed by atoms with Gasteiger partial charge >= 0.3 is 0 Å². The Bertz CT molecular complexity index is 359. The van der Waals surface area contributed by atoms with Crippen LogP contribution in [0, 0.1) is 6.92 Å². The molecule has 0 aromatic heterocycles. The lowest BCUT2D eigenvalue weighted by Gasteiger charge is -1.99. The van der Waals surface area contributed by atoms with Crippen LogP contribution in [-0.4, -0.2) is 13.0 Å². The summed E-state index contributed by atoms with van der Waals surface area (Å²) in [4.78, 5) is -0.0278. The zero-order valence-corrected chi connectivity index (χ0v) is 9.54. The molecule has 0 bridgehead atoms. The van der Waals surface area contributed by atoms with Gasteiger partial charge in [0.05, 0.1) is 4.90 Å². The monoisotopic (exact) mass is 300 g/mol. The highest BCUT2D eigenvalue weighted by Gasteiger charge is 2.10. The molecular weight excluding hydrogens is 291 g/mol. The van der Waals surface area contributed by atoms with Gasteiger partial charge in [0.1, 0.15) is 0 Å². The van der Waals surface area contributed by atoms with Crippen LogP contribution in [0.2, 0.25) is 0 Å². The van der Waals surface area contributed by atoms with Crippen LogP contribution in [0.15, 0.2) is 29.2 Å². The molecule has 0 saturated heterocycles. The van der Waals surface area contributed by atoms with Gasteiger partial charge in [0, 0.05) is 0 Å². The average molecular weight is 300 g/mol. The highest BCUT2D eigenvalue weighted by atomic mass is 127. The zero-order valence-electron chi connectivity index (χ0n) is 6.39. The summed E-state index contributed by atoms with van der Waals surface area (Å²) < 4.78 is 29.9. The molecule has 1 N–H and O–H groups in total. The minimum Gasteiger partial charge on any atom is -0.282 e. The van der Waals surface area contributed by atoms with Gasteiger partial charge in [-0.05, 0) is 18.6 Å². The topological polar surface area (TPSA) is 54.4 Å². The molecule has 0 amide bonds. The molecule has 0 unspecified atom stereocenters. The van der Waals surface area contributed by atoms with Gasteiger partial charge in [-0.25, -0.2) is 0 Å². The Hall–Kier alpha value is -0.140. The van der Waals surface area contributed by atoms with Crippen LogP contribution >= 0.6 is 24.0 Å². The van der Waals surface area contributed by atoms with Crippen LogP contribution in [0.4, 0.5) is 0 Å². The number of hydrogen-bond donors (Lipinski definition) is 1. The lowest BCUT2D eigenvalue weighted by Crippen LogP contribution is -1.99. The quantitative estimate of drug-likeness (QED) is 0.636. The predicted molar refractivity (Wildman–Crippen MR) is 56.4 cm³/mol. The van der Waals surface area contributed by atoms with Gasteiger partial charge in [0.25, 0.3) is 10.1 Å². The SMILES string of the molecule is Cc1ccccc1S(=O)(=O)O.I. The van der Waals surface area contributed by atoms with Gasteiger partial charge in [-0.2, -0.15) is 8.42 Å². The van der Waals surface area contributed by atoms with E-state index in [2.05, 4.69) is 0 Å². The normalized spacial score (nSPS) is 10.5. The molecule has 68 valence electrons. The molecule has 0 atom stereocenters. The second kappa shape index (κ2) is 4.20. The van der Waals surface area contributed by atoms with Crippen molar-refractivity contribution in [3.05, 3.63) is 29.8 Å². The highest BCUT2D eigenvalue weighted by molar-refractivity contribution is 14.0. The van der Waals surface area contributed by atoms with Crippen molar-refractivity contribution in [1.29, 1.82) is 0 Å². The van der Waals surface area contributed by atoms with Crippen LogP contribution in [0.3, 0.4) is 0 Å². The fourth-order valence-electron chi connectivity index (χ4n) is 0.846. The predicted octanol–water partition coefficient (Wildman–Crippen LogP) is 1.86. The molecule has 5 heteroatoms. The first-order valence-corrected chi connectivity index (χ1v) is 4.49. The summed E-state index contributed by atoms with van der Waals surface area (Å²) >= 11 is 0. The van der Waals surface area contributed by atoms with E-state index >= 15 is 0 Å². The van der Waals surface area contributed by atoms with Crippen molar-refractivity contribution in [1.82, 2.24) is 0 Å². The highest BCUT2D eigenvalue weighted by Crippen LogP contribution is 2.12. The van der Waals surface area contributed by atoms with E-state index in [4.69, 9.17) is 4.55 Å². The summed E-state index contributed by atoms with van der Waals surface area (Å²) in [5, 5.41) is 0. The summed E-state index contributed by atoms with van der Waals surface area (Å²) in [5.74, 6) is 0.